The average molecular weight is 265 g/mol. The van der Waals surface area contributed by atoms with Gasteiger partial charge in [0.25, 0.3) is 0 Å². The van der Waals surface area contributed by atoms with E-state index in [0.29, 0.717) is 0 Å². The maximum absolute atomic E-state index is 11.1. The summed E-state index contributed by atoms with van der Waals surface area (Å²) in [4.78, 5) is 36.6. The largest absolute Gasteiger partial charge is 0.479 e. The Bertz CT molecular complexity index is 331. The summed E-state index contributed by atoms with van der Waals surface area (Å²) in [6.45, 7) is 2.07. The van der Waals surface area contributed by atoms with Gasteiger partial charge in [0, 0.05) is 6.92 Å². The molecule has 0 bridgehead atoms. The molecular formula is C9H15NO8. The van der Waals surface area contributed by atoms with Crippen molar-refractivity contribution in [1.82, 2.24) is 5.48 Å². The van der Waals surface area contributed by atoms with Crippen LogP contribution in [0.1, 0.15) is 13.8 Å². The second-order valence-electron chi connectivity index (χ2n) is 3.57. The molecule has 0 heterocycles. The summed E-state index contributed by atoms with van der Waals surface area (Å²) in [6.07, 6.45) is -8.15. The van der Waals surface area contributed by atoms with Gasteiger partial charge in [-0.3, -0.25) is 14.4 Å². The van der Waals surface area contributed by atoms with Crippen LogP contribution in [0.5, 0.6) is 0 Å². The third kappa shape index (κ3) is 4.75. The van der Waals surface area contributed by atoms with E-state index in [4.69, 9.17) is 10.2 Å². The summed E-state index contributed by atoms with van der Waals surface area (Å²) in [5.41, 5.74) is 1.77. The average Bonchev–Trinajstić information content (AvgIpc) is 2.25. The zero-order valence-corrected chi connectivity index (χ0v) is 9.73. The van der Waals surface area contributed by atoms with Crippen LogP contribution >= 0.6 is 0 Å². The standard InChI is InChI=1S/C9H15NO8/c1-3(11)8(18-10-4(2)12)6(14)5(13)7(15)9(16)17/h5-8,13-15H,1-2H3,(H,10,12)(H,16,17)/t5-,6-,7-,8-/m0/s1. The molecule has 0 unspecified atom stereocenters. The van der Waals surface area contributed by atoms with Crippen LogP contribution in [0, 0.1) is 0 Å². The minimum atomic E-state index is -2.29. The number of aliphatic carboxylic acids is 1. The van der Waals surface area contributed by atoms with E-state index in [0.717, 1.165) is 13.8 Å². The fourth-order valence-corrected chi connectivity index (χ4v) is 1.05. The molecule has 9 heteroatoms. The van der Waals surface area contributed by atoms with E-state index < -0.39 is 42.1 Å². The predicted octanol–water partition coefficient (Wildman–Crippen LogP) is -2.82. The number of aliphatic hydroxyl groups excluding tert-OH is 3. The highest BCUT2D eigenvalue weighted by molar-refractivity contribution is 5.82. The Labute approximate surface area is 102 Å². The van der Waals surface area contributed by atoms with E-state index in [1.165, 1.54) is 0 Å². The third-order valence-corrected chi connectivity index (χ3v) is 1.97. The Hall–Kier alpha value is -1.55. The van der Waals surface area contributed by atoms with Gasteiger partial charge in [0.15, 0.2) is 18.0 Å². The first-order valence-electron chi connectivity index (χ1n) is 4.88. The summed E-state index contributed by atoms with van der Waals surface area (Å²) < 4.78 is 0. The fourth-order valence-electron chi connectivity index (χ4n) is 1.05. The van der Waals surface area contributed by atoms with Crippen molar-refractivity contribution in [2.75, 3.05) is 0 Å². The van der Waals surface area contributed by atoms with Crippen LogP contribution in [0.15, 0.2) is 0 Å². The highest BCUT2D eigenvalue weighted by Gasteiger charge is 2.38. The van der Waals surface area contributed by atoms with Crippen LogP contribution in [0.2, 0.25) is 0 Å². The van der Waals surface area contributed by atoms with E-state index in [1.54, 1.807) is 5.48 Å². The van der Waals surface area contributed by atoms with Gasteiger partial charge < -0.3 is 20.4 Å². The maximum Gasteiger partial charge on any atom is 0.335 e. The number of carboxylic acid groups (broad SMARTS) is 1. The fraction of sp³-hybridized carbons (Fsp3) is 0.667. The van der Waals surface area contributed by atoms with Crippen molar-refractivity contribution >= 4 is 17.7 Å². The molecule has 0 aliphatic rings. The number of amides is 1. The summed E-state index contributed by atoms with van der Waals surface area (Å²) in [5.74, 6) is -3.21. The van der Waals surface area contributed by atoms with Crippen LogP contribution in [0.25, 0.3) is 0 Å². The molecule has 0 aromatic carbocycles. The molecule has 9 nitrogen and oxygen atoms in total. The van der Waals surface area contributed by atoms with E-state index in [2.05, 4.69) is 4.84 Å². The molecule has 0 spiro atoms. The number of ketones is 1. The number of carbonyl (C=O) groups excluding carboxylic acids is 2. The summed E-state index contributed by atoms with van der Waals surface area (Å²) in [7, 11) is 0. The van der Waals surface area contributed by atoms with Gasteiger partial charge in [-0.25, -0.2) is 10.3 Å². The molecule has 18 heavy (non-hydrogen) atoms. The molecule has 0 fully saturated rings. The van der Waals surface area contributed by atoms with Crippen molar-refractivity contribution < 1.29 is 39.6 Å². The molecule has 0 aliphatic carbocycles. The minimum absolute atomic E-state index is 0.665. The van der Waals surface area contributed by atoms with Gasteiger partial charge in [-0.1, -0.05) is 0 Å². The van der Waals surface area contributed by atoms with Gasteiger partial charge in [-0.05, 0) is 6.92 Å². The molecule has 0 aliphatic heterocycles. The molecule has 5 N–H and O–H groups in total. The zero-order valence-electron chi connectivity index (χ0n) is 9.73. The number of hydrogen-bond donors (Lipinski definition) is 5. The van der Waals surface area contributed by atoms with Crippen LogP contribution in [0.4, 0.5) is 0 Å². The van der Waals surface area contributed by atoms with Crippen molar-refractivity contribution in [3.63, 3.8) is 0 Å². The molecule has 0 rings (SSSR count). The lowest BCUT2D eigenvalue weighted by molar-refractivity contribution is -0.178. The second-order valence-corrected chi connectivity index (χ2v) is 3.57. The Kier molecular flexibility index (Phi) is 6.41. The summed E-state index contributed by atoms with van der Waals surface area (Å²) in [5, 5.41) is 36.3. The second kappa shape index (κ2) is 7.01. The van der Waals surface area contributed by atoms with Crippen molar-refractivity contribution in [3.05, 3.63) is 0 Å². The Morgan fingerprint density at radius 1 is 1.06 bits per heavy atom. The molecule has 0 radical (unpaired) electrons. The molecule has 0 saturated heterocycles. The monoisotopic (exact) mass is 265 g/mol. The van der Waals surface area contributed by atoms with Gasteiger partial charge >= 0.3 is 5.97 Å². The SMILES string of the molecule is CC(=O)NO[C@@H](C(C)=O)[C@@H](O)[C@H](O)[C@H](O)C(=O)O. The number of carboxylic acids is 1. The number of hydrogen-bond acceptors (Lipinski definition) is 7. The topological polar surface area (TPSA) is 153 Å². The highest BCUT2D eigenvalue weighted by Crippen LogP contribution is 2.09. The van der Waals surface area contributed by atoms with E-state index in [-0.39, 0.29) is 0 Å². The lowest BCUT2D eigenvalue weighted by Crippen LogP contribution is -2.52. The van der Waals surface area contributed by atoms with Crippen LogP contribution < -0.4 is 5.48 Å². The lowest BCUT2D eigenvalue weighted by Gasteiger charge is -2.25. The van der Waals surface area contributed by atoms with Crippen molar-refractivity contribution in [1.29, 1.82) is 0 Å². The number of aliphatic hydroxyl groups is 3. The lowest BCUT2D eigenvalue weighted by atomic mass is 10.0. The number of hydroxylamine groups is 1. The molecule has 0 saturated carbocycles. The smallest absolute Gasteiger partial charge is 0.335 e. The first-order chi connectivity index (χ1) is 8.18. The maximum atomic E-state index is 11.1. The van der Waals surface area contributed by atoms with Gasteiger partial charge in [-0.15, -0.1) is 0 Å². The van der Waals surface area contributed by atoms with Crippen molar-refractivity contribution in [2.45, 2.75) is 38.3 Å². The Morgan fingerprint density at radius 2 is 1.56 bits per heavy atom. The Morgan fingerprint density at radius 3 is 1.89 bits per heavy atom. The number of nitrogens with one attached hydrogen (secondary N) is 1. The molecular weight excluding hydrogens is 250 g/mol. The van der Waals surface area contributed by atoms with Crippen molar-refractivity contribution in [2.24, 2.45) is 0 Å². The highest BCUT2D eigenvalue weighted by atomic mass is 16.7. The van der Waals surface area contributed by atoms with E-state index >= 15 is 0 Å². The van der Waals surface area contributed by atoms with Crippen LogP contribution in [-0.4, -0.2) is 62.5 Å². The van der Waals surface area contributed by atoms with Crippen LogP contribution in [0.3, 0.4) is 0 Å². The first kappa shape index (κ1) is 16.4. The number of rotatable bonds is 7. The summed E-state index contributed by atoms with van der Waals surface area (Å²) in [6, 6.07) is 0. The first-order valence-corrected chi connectivity index (χ1v) is 4.88. The van der Waals surface area contributed by atoms with Crippen molar-refractivity contribution in [3.8, 4) is 0 Å². The van der Waals surface area contributed by atoms with Gasteiger partial charge in [0.05, 0.1) is 0 Å². The van der Waals surface area contributed by atoms with E-state index in [1.807, 2.05) is 0 Å². The predicted molar refractivity (Wildman–Crippen MR) is 55.0 cm³/mol. The number of carbonyl (C=O) groups is 3. The van der Waals surface area contributed by atoms with Gasteiger partial charge in [-0.2, -0.15) is 0 Å². The molecule has 4 atom stereocenters. The quantitative estimate of drug-likeness (QED) is 0.309. The molecule has 0 aromatic heterocycles. The molecule has 1 amide bonds. The van der Waals surface area contributed by atoms with Gasteiger partial charge in [0.2, 0.25) is 5.91 Å². The zero-order chi connectivity index (χ0) is 14.5. The minimum Gasteiger partial charge on any atom is -0.479 e. The van der Waals surface area contributed by atoms with E-state index in [9.17, 15) is 24.6 Å². The summed E-state index contributed by atoms with van der Waals surface area (Å²) >= 11 is 0. The normalized spacial score (nSPS) is 17.4. The third-order valence-electron chi connectivity index (χ3n) is 1.97. The molecule has 104 valence electrons. The van der Waals surface area contributed by atoms with Gasteiger partial charge in [0.1, 0.15) is 12.2 Å². The number of Topliss-reactive ketones (excluding diaryl/α,β-unsaturated/α-hetero) is 1. The Balaban J connectivity index is 4.74. The van der Waals surface area contributed by atoms with Crippen LogP contribution in [-0.2, 0) is 19.2 Å². The molecule has 0 aromatic rings.